The molecule has 1 N–H and O–H groups in total. The Morgan fingerprint density at radius 1 is 1.05 bits per heavy atom. The van der Waals surface area contributed by atoms with Crippen molar-refractivity contribution in [1.82, 2.24) is 4.98 Å². The van der Waals surface area contributed by atoms with Gasteiger partial charge in [-0.05, 0) is 97.6 Å². The van der Waals surface area contributed by atoms with Crippen molar-refractivity contribution in [2.75, 3.05) is 5.75 Å². The number of fused-ring (bicyclic) bond motifs is 1. The van der Waals surface area contributed by atoms with Gasteiger partial charge in [0.2, 0.25) is 0 Å². The summed E-state index contributed by atoms with van der Waals surface area (Å²) in [6.07, 6.45) is 7.28. The van der Waals surface area contributed by atoms with Crippen LogP contribution in [0.5, 0.6) is 0 Å². The predicted molar refractivity (Wildman–Crippen MR) is 164 cm³/mol. The fourth-order valence-electron chi connectivity index (χ4n) is 5.37. The van der Waals surface area contributed by atoms with Crippen LogP contribution >= 0.6 is 11.8 Å². The van der Waals surface area contributed by atoms with Gasteiger partial charge in [0, 0.05) is 22.7 Å². The van der Waals surface area contributed by atoms with Gasteiger partial charge in [-0.2, -0.15) is 11.8 Å². The van der Waals surface area contributed by atoms with Gasteiger partial charge in [-0.15, -0.1) is 0 Å². The van der Waals surface area contributed by atoms with Gasteiger partial charge < -0.3 is 15.0 Å². The van der Waals surface area contributed by atoms with Crippen molar-refractivity contribution in [2.45, 2.75) is 56.8 Å². The molecule has 0 spiro atoms. The summed E-state index contributed by atoms with van der Waals surface area (Å²) in [5.74, 6) is -2.07. The molecule has 1 atom stereocenters. The third-order valence-electron chi connectivity index (χ3n) is 7.90. The Hall–Kier alpha value is -2.55. The van der Waals surface area contributed by atoms with Gasteiger partial charge in [0.25, 0.3) is 0 Å². The van der Waals surface area contributed by atoms with Crippen LogP contribution in [-0.2, 0) is 16.8 Å². The van der Waals surface area contributed by atoms with Gasteiger partial charge in [0.05, 0.1) is 16.8 Å². The first-order chi connectivity index (χ1) is 20.0. The van der Waals surface area contributed by atoms with E-state index in [2.05, 4.69) is 23.2 Å². The molecule has 0 radical (unpaired) electrons. The van der Waals surface area contributed by atoms with E-state index in [4.69, 9.17) is 0 Å². The Bertz CT molecular complexity index is 1630. The second-order valence-corrected chi connectivity index (χ2v) is 13.0. The number of rotatable bonds is 12. The smallest absolute Gasteiger partial charge is 0.550 e. The van der Waals surface area contributed by atoms with Crippen LogP contribution in [0.2, 0.25) is 0 Å². The van der Waals surface area contributed by atoms with Crippen molar-refractivity contribution in [3.63, 3.8) is 0 Å². The number of carbonyl (C=O) groups excluding carboxylic acids is 1. The molecule has 5 rings (SSSR count). The van der Waals surface area contributed by atoms with Crippen LogP contribution in [0.1, 0.15) is 72.7 Å². The summed E-state index contributed by atoms with van der Waals surface area (Å²) in [4.78, 5) is 15.8. The normalized spacial score (nSPS) is 14.9. The summed E-state index contributed by atoms with van der Waals surface area (Å²) in [7, 11) is 0. The first-order valence-corrected chi connectivity index (χ1v) is 15.2. The van der Waals surface area contributed by atoms with E-state index in [0.29, 0.717) is 16.6 Å². The molecule has 1 aliphatic rings. The Kier molecular flexibility index (Phi) is 10.9. The molecule has 4 nitrogen and oxygen atoms in total. The number of carbonyl (C=O) groups is 1. The average Bonchev–Trinajstić information content (AvgIpc) is 3.71. The van der Waals surface area contributed by atoms with Gasteiger partial charge in [-0.25, -0.2) is 13.8 Å². The van der Waals surface area contributed by atoms with Crippen LogP contribution in [0, 0.1) is 17.0 Å². The number of halogens is 2. The molecule has 4 aromatic rings. The number of nitrogens with zero attached hydrogens (tertiary/aromatic N) is 1. The van der Waals surface area contributed by atoms with E-state index in [9.17, 15) is 23.8 Å². The standard InChI is InChI=1S/C35H35F2NO3S.Na/c1-34(2,41)28-9-4-3-7-24(28)12-15-32(42-22-35(16-17-35)21-33(39)40)26-8-5-6-23(18-26)10-13-27-14-11-25-19-29(36)30(37)20-31(25)38-27;/h3-11,13-14,18-20,32,41H,12,15-17,21-22H2,1-2H3,(H,39,40);/q;+1/p-1/t32-;/m1./s1. The number of aliphatic hydroxyl groups is 1. The van der Waals surface area contributed by atoms with Crippen molar-refractivity contribution < 1.29 is 53.3 Å². The molecule has 0 aliphatic heterocycles. The molecular weight excluding hydrogens is 575 g/mol. The molecule has 218 valence electrons. The van der Waals surface area contributed by atoms with Gasteiger partial charge in [0.1, 0.15) is 0 Å². The van der Waals surface area contributed by atoms with Crippen molar-refractivity contribution in [3.8, 4) is 0 Å². The molecule has 0 unspecified atom stereocenters. The van der Waals surface area contributed by atoms with Crippen molar-refractivity contribution in [2.24, 2.45) is 5.41 Å². The molecule has 1 saturated carbocycles. The van der Waals surface area contributed by atoms with E-state index in [-0.39, 0.29) is 46.6 Å². The fraction of sp³-hybridized carbons (Fsp3) is 0.314. The molecule has 1 aliphatic carbocycles. The van der Waals surface area contributed by atoms with Crippen molar-refractivity contribution >= 4 is 40.8 Å². The zero-order valence-electron chi connectivity index (χ0n) is 24.8. The summed E-state index contributed by atoms with van der Waals surface area (Å²) < 4.78 is 27.3. The van der Waals surface area contributed by atoms with Gasteiger partial charge >= 0.3 is 29.6 Å². The van der Waals surface area contributed by atoms with E-state index in [1.807, 2.05) is 42.5 Å². The molecular formula is C35H34F2NNaO3S. The number of thioether (sulfide) groups is 1. The minimum atomic E-state index is -0.994. The number of hydrogen-bond donors (Lipinski definition) is 1. The minimum Gasteiger partial charge on any atom is -0.550 e. The second-order valence-electron chi connectivity index (χ2n) is 11.8. The fourth-order valence-corrected chi connectivity index (χ4v) is 6.94. The van der Waals surface area contributed by atoms with Crippen LogP contribution < -0.4 is 34.7 Å². The SMILES string of the molecule is CC(C)(O)c1ccccc1CC[C@@H](SCC1(CC(=O)[O-])CC1)c1cccc(C=Cc2ccc3cc(F)c(F)cc3n2)c1.[Na+]. The largest absolute Gasteiger partial charge is 1.00 e. The van der Waals surface area contributed by atoms with E-state index in [0.717, 1.165) is 65.8 Å². The molecule has 8 heteroatoms. The van der Waals surface area contributed by atoms with E-state index in [1.54, 1.807) is 37.7 Å². The number of aliphatic carboxylic acids is 1. The average molecular weight is 610 g/mol. The quantitative estimate of drug-likeness (QED) is 0.244. The number of pyridine rings is 1. The number of hydrogen-bond acceptors (Lipinski definition) is 5. The Balaban J connectivity index is 0.00000423. The first kappa shape index (κ1) is 33.3. The third kappa shape index (κ3) is 8.77. The number of aryl methyl sites for hydroxylation is 1. The number of benzene rings is 3. The summed E-state index contributed by atoms with van der Waals surface area (Å²) in [6.45, 7) is 3.59. The predicted octanol–water partition coefficient (Wildman–Crippen LogP) is 4.24. The van der Waals surface area contributed by atoms with Crippen LogP contribution in [0.15, 0.2) is 72.8 Å². The van der Waals surface area contributed by atoms with E-state index < -0.39 is 23.2 Å². The van der Waals surface area contributed by atoms with Crippen LogP contribution in [0.25, 0.3) is 23.1 Å². The monoisotopic (exact) mass is 609 g/mol. The van der Waals surface area contributed by atoms with Gasteiger partial charge in [0.15, 0.2) is 11.6 Å². The zero-order valence-corrected chi connectivity index (χ0v) is 27.6. The van der Waals surface area contributed by atoms with Gasteiger partial charge in [-0.3, -0.25) is 0 Å². The van der Waals surface area contributed by atoms with Crippen molar-refractivity contribution in [3.05, 3.63) is 112 Å². The van der Waals surface area contributed by atoms with Crippen LogP contribution in [0.4, 0.5) is 8.78 Å². The van der Waals surface area contributed by atoms with E-state index >= 15 is 0 Å². The second kappa shape index (κ2) is 14.0. The third-order valence-corrected chi connectivity index (χ3v) is 9.59. The van der Waals surface area contributed by atoms with Crippen LogP contribution in [-0.4, -0.2) is 21.8 Å². The summed E-state index contributed by atoms with van der Waals surface area (Å²) >= 11 is 1.79. The Morgan fingerprint density at radius 3 is 2.51 bits per heavy atom. The Labute approximate surface area is 277 Å². The molecule has 1 aromatic heterocycles. The molecule has 0 saturated heterocycles. The molecule has 0 amide bonds. The zero-order chi connectivity index (χ0) is 29.9. The maximum atomic E-state index is 13.7. The summed E-state index contributed by atoms with van der Waals surface area (Å²) in [5.41, 5.74) is 3.99. The molecule has 1 heterocycles. The molecule has 43 heavy (non-hydrogen) atoms. The number of aromatic nitrogens is 1. The Morgan fingerprint density at radius 2 is 1.79 bits per heavy atom. The number of carboxylic acids is 1. The van der Waals surface area contributed by atoms with Crippen LogP contribution in [0.3, 0.4) is 0 Å². The number of carboxylic acid groups (broad SMARTS) is 1. The van der Waals surface area contributed by atoms with Gasteiger partial charge in [-0.1, -0.05) is 60.7 Å². The topological polar surface area (TPSA) is 73.2 Å². The first-order valence-electron chi connectivity index (χ1n) is 14.2. The molecule has 1 fully saturated rings. The minimum absolute atomic E-state index is 0. The summed E-state index contributed by atoms with van der Waals surface area (Å²) in [5, 5.41) is 22.7. The molecule has 0 bridgehead atoms. The summed E-state index contributed by atoms with van der Waals surface area (Å²) in [6, 6.07) is 21.9. The van der Waals surface area contributed by atoms with E-state index in [1.165, 1.54) is 0 Å². The van der Waals surface area contributed by atoms with Crippen molar-refractivity contribution in [1.29, 1.82) is 0 Å². The maximum Gasteiger partial charge on any atom is 1.00 e. The molecule has 3 aromatic carbocycles. The maximum absolute atomic E-state index is 13.7.